The number of anilines is 3. The van der Waals surface area contributed by atoms with E-state index in [-0.39, 0.29) is 89.8 Å². The van der Waals surface area contributed by atoms with E-state index in [1.54, 1.807) is 0 Å². The normalized spacial score (nSPS) is 12.2. The van der Waals surface area contributed by atoms with Gasteiger partial charge in [-0.1, -0.05) is 23.2 Å². The molecular weight excluding hydrogens is 1040 g/mol. The van der Waals surface area contributed by atoms with Crippen LogP contribution in [0.1, 0.15) is 55.4 Å². The summed E-state index contributed by atoms with van der Waals surface area (Å²) in [7, 11) is 0. The van der Waals surface area contributed by atoms with Gasteiger partial charge in [0.1, 0.15) is 50.1 Å². The highest BCUT2D eigenvalue weighted by Gasteiger charge is 2.30. The molecule has 6 heterocycles. The van der Waals surface area contributed by atoms with Crippen molar-refractivity contribution in [3.05, 3.63) is 213 Å². The summed E-state index contributed by atoms with van der Waals surface area (Å²) in [5.74, 6) is -5.77. The number of fused-ring (bicyclic) bond motifs is 2. The molecule has 2 aliphatic rings. The highest BCUT2D eigenvalue weighted by Crippen LogP contribution is 2.35. The van der Waals surface area contributed by atoms with Crippen molar-refractivity contribution < 1.29 is 41.4 Å². The van der Waals surface area contributed by atoms with Gasteiger partial charge in [0.15, 0.2) is 28.9 Å². The number of carbonyl (C=O) groups is 3. The van der Waals surface area contributed by atoms with Crippen molar-refractivity contribution in [2.75, 3.05) is 16.4 Å². The number of nitrogens with zero attached hydrogens (tertiary/aromatic N) is 6. The minimum absolute atomic E-state index is 0.000760. The third kappa shape index (κ3) is 10.1. The average Bonchev–Trinajstić information content (AvgIpc) is 4.10. The number of benzene rings is 4. The van der Waals surface area contributed by atoms with E-state index in [4.69, 9.17) is 44.1 Å². The monoisotopic (exact) mass is 1080 g/mol. The van der Waals surface area contributed by atoms with Gasteiger partial charge >= 0.3 is 11.4 Å². The Morgan fingerprint density at radius 2 is 0.987 bits per heavy atom. The van der Waals surface area contributed by atoms with Gasteiger partial charge in [-0.2, -0.15) is 0 Å². The minimum Gasteiger partial charge on any atom is -0.453 e. The van der Waals surface area contributed by atoms with Crippen LogP contribution in [0, 0.1) is 23.3 Å². The molecule has 0 fully saturated rings. The zero-order valence-corrected chi connectivity index (χ0v) is 40.4. The van der Waals surface area contributed by atoms with Crippen LogP contribution in [0.2, 0.25) is 10.0 Å². The van der Waals surface area contributed by atoms with Gasteiger partial charge in [-0.15, -0.1) is 0 Å². The molecule has 19 nitrogen and oxygen atoms in total. The first-order valence-electron chi connectivity index (χ1n) is 22.6. The molecule has 4 aromatic carbocycles. The molecule has 0 atom stereocenters. The van der Waals surface area contributed by atoms with Crippen molar-refractivity contribution in [3.8, 4) is 34.4 Å². The molecule has 3 amide bonds. The summed E-state index contributed by atoms with van der Waals surface area (Å²) in [5.41, 5.74) is 7.89. The summed E-state index contributed by atoms with van der Waals surface area (Å²) in [4.78, 5) is 98.1. The summed E-state index contributed by atoms with van der Waals surface area (Å²) in [6, 6.07) is 19.4. The zero-order valence-electron chi connectivity index (χ0n) is 38.9. The fourth-order valence-corrected chi connectivity index (χ4v) is 8.81. The van der Waals surface area contributed by atoms with Crippen molar-refractivity contribution >= 4 is 58.1 Å². The third-order valence-corrected chi connectivity index (χ3v) is 12.7. The number of carbonyl (C=O) groups excluding carboxylic acids is 3. The number of hydrogen-bond acceptors (Lipinski definition) is 12. The standard InChI is InChI=1S/C26H18ClF2N5O5.C25H18ClF2N5O4/c27-21-19(9-10-31-22(21)23(30)35)39-18-8-5-14(12-16(18)29)32-24(36)20-17-2-1-11-33(17)26(38)34(25(20)37)15-6-3-13(28)4-7-15;26-21-19(9-10-30-22(21)29)37-18-8-5-14(12-16(18)28)31-23(34)20-17-2-1-11-32(17)25(36)33(24(20)35)15-6-3-13(27)4-7-15/h3-10,12H,1-2,11H2,(H2,30,35)(H,32,36);3-10,12H,1-2,11H2,(H2,29,30)(H,31,34). The molecule has 0 saturated heterocycles. The van der Waals surface area contributed by atoms with Crippen LogP contribution in [0.4, 0.5) is 34.8 Å². The Bertz CT molecular complexity index is 3940. The molecule has 6 N–H and O–H groups in total. The van der Waals surface area contributed by atoms with Crippen LogP contribution >= 0.6 is 23.2 Å². The topological polar surface area (TPSA) is 260 Å². The van der Waals surface area contributed by atoms with Crippen molar-refractivity contribution in [3.63, 3.8) is 0 Å². The molecule has 0 unspecified atom stereocenters. The molecular formula is C51H36Cl2F4N10O9. The summed E-state index contributed by atoms with van der Waals surface area (Å²) in [6.45, 7) is 0.615. The van der Waals surface area contributed by atoms with E-state index >= 15 is 0 Å². The summed E-state index contributed by atoms with van der Waals surface area (Å²) in [5, 5.41) is 4.81. The predicted octanol–water partition coefficient (Wildman–Crippen LogP) is 7.31. The van der Waals surface area contributed by atoms with Crippen molar-refractivity contribution in [2.24, 2.45) is 5.73 Å². The first kappa shape index (κ1) is 51.5. The van der Waals surface area contributed by atoms with Crippen molar-refractivity contribution in [1.82, 2.24) is 28.2 Å². The van der Waals surface area contributed by atoms with Gasteiger partial charge in [-0.25, -0.2) is 46.3 Å². The lowest BCUT2D eigenvalue weighted by Crippen LogP contribution is -2.43. The Labute approximate surface area is 434 Å². The number of rotatable bonds is 11. The van der Waals surface area contributed by atoms with Gasteiger partial charge in [0.25, 0.3) is 28.8 Å². The Morgan fingerprint density at radius 3 is 1.41 bits per heavy atom. The number of nitrogens with two attached hydrogens (primary N) is 2. The van der Waals surface area contributed by atoms with E-state index in [0.29, 0.717) is 38.8 Å². The van der Waals surface area contributed by atoms with Crippen molar-refractivity contribution in [1.29, 1.82) is 0 Å². The maximum Gasteiger partial charge on any atom is 0.335 e. The number of nitrogen functional groups attached to an aromatic ring is 1. The molecule has 386 valence electrons. The highest BCUT2D eigenvalue weighted by molar-refractivity contribution is 6.35. The van der Waals surface area contributed by atoms with E-state index in [1.165, 1.54) is 82.2 Å². The van der Waals surface area contributed by atoms with Gasteiger partial charge < -0.3 is 31.6 Å². The molecule has 0 saturated carbocycles. The smallest absolute Gasteiger partial charge is 0.335 e. The van der Waals surface area contributed by atoms with Gasteiger partial charge in [0.2, 0.25) is 0 Å². The maximum atomic E-state index is 14.9. The quantitative estimate of drug-likeness (QED) is 0.0930. The number of ether oxygens (including phenoxy) is 2. The van der Waals surface area contributed by atoms with E-state index in [0.717, 1.165) is 45.5 Å². The molecule has 4 aromatic heterocycles. The van der Waals surface area contributed by atoms with Gasteiger partial charge in [0.05, 0.1) is 11.4 Å². The molecule has 76 heavy (non-hydrogen) atoms. The lowest BCUT2D eigenvalue weighted by Gasteiger charge is -2.15. The summed E-state index contributed by atoms with van der Waals surface area (Å²) < 4.78 is 71.7. The number of pyridine rings is 2. The molecule has 0 aliphatic carbocycles. The number of primary amides is 1. The van der Waals surface area contributed by atoms with E-state index in [1.807, 2.05) is 0 Å². The number of hydrogen-bond donors (Lipinski definition) is 4. The first-order chi connectivity index (χ1) is 36.4. The Balaban J connectivity index is 0.000000186. The number of amides is 3. The highest BCUT2D eigenvalue weighted by atomic mass is 35.5. The average molecular weight is 1080 g/mol. The SMILES string of the molecule is NC(=O)c1nccc(Oc2ccc(NC(=O)c3c4n(c(=O)n(-c5ccc(F)cc5)c3=O)CCC4)cc2F)c1Cl.Nc1nccc(Oc2ccc(NC(=O)c3c4n(c(=O)n(-c5ccc(F)cc5)c3=O)CCC4)cc2F)c1Cl. The first-order valence-corrected chi connectivity index (χ1v) is 23.4. The Morgan fingerprint density at radius 1 is 0.566 bits per heavy atom. The second-order valence-corrected chi connectivity index (χ2v) is 17.5. The molecule has 0 radical (unpaired) electrons. The number of aromatic nitrogens is 6. The largest absolute Gasteiger partial charge is 0.453 e. The molecule has 2 aliphatic heterocycles. The number of nitrogens with one attached hydrogen (secondary N) is 2. The summed E-state index contributed by atoms with van der Waals surface area (Å²) in [6.07, 6.45) is 4.33. The van der Waals surface area contributed by atoms with E-state index in [2.05, 4.69) is 20.6 Å². The van der Waals surface area contributed by atoms with E-state index in [9.17, 15) is 51.1 Å². The fourth-order valence-electron chi connectivity index (χ4n) is 8.41. The molecule has 0 spiro atoms. The predicted molar refractivity (Wildman–Crippen MR) is 269 cm³/mol. The second-order valence-electron chi connectivity index (χ2n) is 16.7. The van der Waals surface area contributed by atoms with Crippen LogP contribution in [0.15, 0.2) is 129 Å². The Hall–Kier alpha value is -9.35. The lowest BCUT2D eigenvalue weighted by atomic mass is 10.1. The fraction of sp³-hybridized carbons (Fsp3) is 0.118. The van der Waals surface area contributed by atoms with Crippen LogP contribution in [0.3, 0.4) is 0 Å². The Kier molecular flexibility index (Phi) is 14.4. The molecule has 8 aromatic rings. The van der Waals surface area contributed by atoms with Crippen molar-refractivity contribution in [2.45, 2.75) is 38.8 Å². The van der Waals surface area contributed by atoms with Crippen LogP contribution in [-0.4, -0.2) is 46.0 Å². The third-order valence-electron chi connectivity index (χ3n) is 11.9. The van der Waals surface area contributed by atoms with Crippen LogP contribution in [0.25, 0.3) is 11.4 Å². The van der Waals surface area contributed by atoms with Gasteiger partial charge in [-0.05, 0) is 98.5 Å². The number of halogens is 6. The van der Waals surface area contributed by atoms with Gasteiger partial charge in [-0.3, -0.25) is 33.1 Å². The lowest BCUT2D eigenvalue weighted by molar-refractivity contribution is 0.0991. The van der Waals surface area contributed by atoms with Gasteiger partial charge in [0, 0.05) is 72.5 Å². The minimum atomic E-state index is -0.892. The zero-order chi connectivity index (χ0) is 54.1. The van der Waals surface area contributed by atoms with E-state index < -0.39 is 63.5 Å². The van der Waals surface area contributed by atoms with Crippen LogP contribution < -0.4 is 54.1 Å². The molecule has 0 bridgehead atoms. The molecule has 25 heteroatoms. The van der Waals surface area contributed by atoms with Crippen LogP contribution in [0.5, 0.6) is 23.0 Å². The second kappa shape index (κ2) is 21.2. The summed E-state index contributed by atoms with van der Waals surface area (Å²) >= 11 is 12.1. The maximum absolute atomic E-state index is 14.9. The van der Waals surface area contributed by atoms with Crippen LogP contribution in [-0.2, 0) is 25.9 Å². The molecule has 10 rings (SSSR count).